The highest BCUT2D eigenvalue weighted by Gasteiger charge is 2.08. The molecule has 2 heterocycles. The second-order valence-corrected chi connectivity index (χ2v) is 6.91. The largest absolute Gasteiger partial charge is 0.264 e. The molecule has 0 aliphatic heterocycles. The molecule has 4 aromatic rings. The Labute approximate surface area is 171 Å². The number of halogens is 1. The lowest BCUT2D eigenvalue weighted by Crippen LogP contribution is -1.99. The maximum atomic E-state index is 4.74. The van der Waals surface area contributed by atoms with E-state index in [9.17, 15) is 0 Å². The smallest absolute Gasteiger partial charge is 0.162 e. The van der Waals surface area contributed by atoms with Gasteiger partial charge in [0, 0.05) is 39.6 Å². The first kappa shape index (κ1) is 18.0. The number of anilines is 1. The van der Waals surface area contributed by atoms with E-state index in [4.69, 9.17) is 4.98 Å². The molecule has 5 nitrogen and oxygen atoms in total. The van der Waals surface area contributed by atoms with Crippen molar-refractivity contribution in [1.82, 2.24) is 15.0 Å². The molecule has 4 rings (SSSR count). The molecule has 2 aromatic heterocycles. The van der Waals surface area contributed by atoms with Gasteiger partial charge < -0.3 is 0 Å². The fourth-order valence-electron chi connectivity index (χ4n) is 2.61. The van der Waals surface area contributed by atoms with Gasteiger partial charge in [-0.1, -0.05) is 64.5 Å². The van der Waals surface area contributed by atoms with E-state index in [0.717, 1.165) is 26.9 Å². The number of benzene rings is 2. The van der Waals surface area contributed by atoms with Crippen LogP contribution in [0.3, 0.4) is 0 Å². The summed E-state index contributed by atoms with van der Waals surface area (Å²) in [7, 11) is 0. The highest BCUT2D eigenvalue weighted by atomic mass is 79.9. The Kier molecular flexibility index (Phi) is 5.49. The zero-order valence-corrected chi connectivity index (χ0v) is 16.4. The molecule has 6 heteroatoms. The summed E-state index contributed by atoms with van der Waals surface area (Å²) < 4.78 is 1.01. The SMILES string of the molecule is Brc1ccc(-c2nc(N/N=C\c3cccnc3)cc(-c3ccccc3)n2)cc1. The summed E-state index contributed by atoms with van der Waals surface area (Å²) >= 11 is 3.46. The Balaban J connectivity index is 1.69. The maximum absolute atomic E-state index is 4.74. The number of hydrazone groups is 1. The van der Waals surface area contributed by atoms with E-state index in [1.807, 2.05) is 72.8 Å². The molecule has 28 heavy (non-hydrogen) atoms. The predicted octanol–water partition coefficient (Wildman–Crippen LogP) is 5.41. The number of nitrogens with one attached hydrogen (secondary N) is 1. The molecule has 0 bridgehead atoms. The van der Waals surface area contributed by atoms with Gasteiger partial charge in [-0.25, -0.2) is 9.97 Å². The van der Waals surface area contributed by atoms with E-state index in [2.05, 4.69) is 36.4 Å². The Morgan fingerprint density at radius 2 is 1.68 bits per heavy atom. The van der Waals surface area contributed by atoms with Gasteiger partial charge in [-0.3, -0.25) is 10.4 Å². The first-order chi connectivity index (χ1) is 13.8. The van der Waals surface area contributed by atoms with Crippen LogP contribution in [0.1, 0.15) is 5.56 Å². The molecular weight excluding hydrogens is 414 g/mol. The van der Waals surface area contributed by atoms with E-state index in [0.29, 0.717) is 11.6 Å². The standard InChI is InChI=1S/C22H16BrN5/c23-19-10-8-18(9-11-19)22-26-20(17-6-2-1-3-7-17)13-21(27-22)28-25-15-16-5-4-12-24-14-16/h1-15H,(H,26,27,28)/b25-15-. The highest BCUT2D eigenvalue weighted by Crippen LogP contribution is 2.25. The van der Waals surface area contributed by atoms with Crippen molar-refractivity contribution in [3.8, 4) is 22.6 Å². The second-order valence-electron chi connectivity index (χ2n) is 5.99. The molecular formula is C22H16BrN5. The van der Waals surface area contributed by atoms with Gasteiger partial charge in [0.2, 0.25) is 0 Å². The van der Waals surface area contributed by atoms with Crippen molar-refractivity contribution in [2.75, 3.05) is 5.43 Å². The quantitative estimate of drug-likeness (QED) is 0.340. The van der Waals surface area contributed by atoms with Crippen LogP contribution in [0, 0.1) is 0 Å². The molecule has 0 unspecified atom stereocenters. The number of pyridine rings is 1. The summed E-state index contributed by atoms with van der Waals surface area (Å²) in [5, 5.41) is 4.28. The molecule has 0 amide bonds. The molecule has 0 saturated heterocycles. The number of rotatable bonds is 5. The average Bonchev–Trinajstić information content (AvgIpc) is 2.75. The minimum Gasteiger partial charge on any atom is -0.264 e. The summed E-state index contributed by atoms with van der Waals surface area (Å²) in [4.78, 5) is 13.4. The van der Waals surface area contributed by atoms with Crippen LogP contribution in [0.5, 0.6) is 0 Å². The van der Waals surface area contributed by atoms with Crippen LogP contribution in [-0.2, 0) is 0 Å². The van der Waals surface area contributed by atoms with Crippen LogP contribution in [0.2, 0.25) is 0 Å². The first-order valence-electron chi connectivity index (χ1n) is 8.67. The van der Waals surface area contributed by atoms with E-state index in [1.165, 1.54) is 0 Å². The molecule has 0 aliphatic carbocycles. The summed E-state index contributed by atoms with van der Waals surface area (Å²) in [6, 6.07) is 23.6. The minimum absolute atomic E-state index is 0.618. The first-order valence-corrected chi connectivity index (χ1v) is 9.47. The predicted molar refractivity (Wildman–Crippen MR) is 116 cm³/mol. The van der Waals surface area contributed by atoms with Crippen molar-refractivity contribution in [1.29, 1.82) is 0 Å². The number of aromatic nitrogens is 3. The van der Waals surface area contributed by atoms with E-state index in [1.54, 1.807) is 18.6 Å². The summed E-state index contributed by atoms with van der Waals surface area (Å²) in [5.74, 6) is 1.25. The van der Waals surface area contributed by atoms with E-state index in [-0.39, 0.29) is 0 Å². The zero-order chi connectivity index (χ0) is 19.2. The Morgan fingerprint density at radius 3 is 2.43 bits per heavy atom. The lowest BCUT2D eigenvalue weighted by atomic mass is 10.1. The topological polar surface area (TPSA) is 63.1 Å². The Morgan fingerprint density at radius 1 is 0.857 bits per heavy atom. The van der Waals surface area contributed by atoms with Crippen molar-refractivity contribution in [2.24, 2.45) is 5.10 Å². The fraction of sp³-hybridized carbons (Fsp3) is 0. The summed E-state index contributed by atoms with van der Waals surface area (Å²) in [6.45, 7) is 0. The van der Waals surface area contributed by atoms with Crippen LogP contribution in [0.4, 0.5) is 5.82 Å². The Hall–Kier alpha value is -3.38. The molecule has 0 spiro atoms. The minimum atomic E-state index is 0.618. The lowest BCUT2D eigenvalue weighted by Gasteiger charge is -2.08. The van der Waals surface area contributed by atoms with Crippen molar-refractivity contribution in [2.45, 2.75) is 0 Å². The second kappa shape index (κ2) is 8.54. The Bertz CT molecular complexity index is 1080. The van der Waals surface area contributed by atoms with Crippen LogP contribution in [0.15, 0.2) is 94.8 Å². The maximum Gasteiger partial charge on any atom is 0.162 e. The third-order valence-electron chi connectivity index (χ3n) is 3.98. The van der Waals surface area contributed by atoms with E-state index >= 15 is 0 Å². The van der Waals surface area contributed by atoms with Crippen LogP contribution in [0.25, 0.3) is 22.6 Å². The number of hydrogen-bond donors (Lipinski definition) is 1. The molecule has 0 radical (unpaired) electrons. The molecule has 2 aromatic carbocycles. The lowest BCUT2D eigenvalue weighted by molar-refractivity contribution is 1.15. The fourth-order valence-corrected chi connectivity index (χ4v) is 2.88. The van der Waals surface area contributed by atoms with Crippen LogP contribution < -0.4 is 5.43 Å². The third kappa shape index (κ3) is 4.47. The monoisotopic (exact) mass is 429 g/mol. The van der Waals surface area contributed by atoms with Crippen molar-refractivity contribution in [3.05, 3.63) is 95.2 Å². The van der Waals surface area contributed by atoms with Gasteiger partial charge in [-0.15, -0.1) is 0 Å². The van der Waals surface area contributed by atoms with Crippen molar-refractivity contribution >= 4 is 28.0 Å². The normalized spacial score (nSPS) is 10.9. The average molecular weight is 430 g/mol. The zero-order valence-electron chi connectivity index (χ0n) is 14.8. The molecule has 0 fully saturated rings. The molecule has 0 aliphatic rings. The highest BCUT2D eigenvalue weighted by molar-refractivity contribution is 9.10. The molecule has 0 atom stereocenters. The third-order valence-corrected chi connectivity index (χ3v) is 4.50. The van der Waals surface area contributed by atoms with Gasteiger partial charge in [0.05, 0.1) is 11.9 Å². The summed E-state index contributed by atoms with van der Waals surface area (Å²) in [5.41, 5.74) is 6.68. The number of nitrogens with zero attached hydrogens (tertiary/aromatic N) is 4. The molecule has 1 N–H and O–H groups in total. The van der Waals surface area contributed by atoms with Crippen molar-refractivity contribution < 1.29 is 0 Å². The van der Waals surface area contributed by atoms with Crippen LogP contribution >= 0.6 is 15.9 Å². The van der Waals surface area contributed by atoms with Gasteiger partial charge in [0.1, 0.15) is 0 Å². The summed E-state index contributed by atoms with van der Waals surface area (Å²) in [6.07, 6.45) is 5.18. The van der Waals surface area contributed by atoms with Gasteiger partial charge in [-0.2, -0.15) is 5.10 Å². The van der Waals surface area contributed by atoms with Gasteiger partial charge in [-0.05, 0) is 18.2 Å². The van der Waals surface area contributed by atoms with Crippen molar-refractivity contribution in [3.63, 3.8) is 0 Å². The number of hydrogen-bond acceptors (Lipinski definition) is 5. The van der Waals surface area contributed by atoms with Crippen LogP contribution in [-0.4, -0.2) is 21.2 Å². The molecule has 0 saturated carbocycles. The van der Waals surface area contributed by atoms with E-state index < -0.39 is 0 Å². The van der Waals surface area contributed by atoms with Gasteiger partial charge >= 0.3 is 0 Å². The van der Waals surface area contributed by atoms with Gasteiger partial charge in [0.15, 0.2) is 11.6 Å². The molecule has 136 valence electrons. The van der Waals surface area contributed by atoms with Gasteiger partial charge in [0.25, 0.3) is 0 Å².